The number of anilines is 1. The summed E-state index contributed by atoms with van der Waals surface area (Å²) in [6, 6.07) is 7.69. The van der Waals surface area contributed by atoms with Crippen molar-refractivity contribution in [3.63, 3.8) is 0 Å². The second-order valence-electron chi connectivity index (χ2n) is 8.30. The molecule has 2 fully saturated rings. The number of carbonyl (C=O) groups is 4. The van der Waals surface area contributed by atoms with E-state index in [9.17, 15) is 19.2 Å². The van der Waals surface area contributed by atoms with E-state index >= 15 is 0 Å². The molecule has 5 rings (SSSR count). The van der Waals surface area contributed by atoms with Gasteiger partial charge >= 0.3 is 0 Å². The van der Waals surface area contributed by atoms with Crippen molar-refractivity contribution < 1.29 is 23.9 Å². The highest BCUT2D eigenvalue weighted by Gasteiger charge is 2.44. The van der Waals surface area contributed by atoms with Crippen molar-refractivity contribution in [1.82, 2.24) is 20.5 Å². The molecule has 0 spiro atoms. The van der Waals surface area contributed by atoms with Crippen molar-refractivity contribution in [2.75, 3.05) is 18.4 Å². The van der Waals surface area contributed by atoms with Crippen LogP contribution in [-0.2, 0) is 16.1 Å². The van der Waals surface area contributed by atoms with Crippen LogP contribution in [0.25, 0.3) is 0 Å². The summed E-state index contributed by atoms with van der Waals surface area (Å²) in [6.07, 6.45) is 3.06. The highest BCUT2D eigenvalue weighted by molar-refractivity contribution is 6.23. The van der Waals surface area contributed by atoms with Gasteiger partial charge in [-0.05, 0) is 43.1 Å². The van der Waals surface area contributed by atoms with Crippen molar-refractivity contribution >= 4 is 29.3 Å². The van der Waals surface area contributed by atoms with Crippen LogP contribution in [-0.4, -0.2) is 58.7 Å². The number of nitrogens with zero attached hydrogens (tertiary/aromatic N) is 2. The van der Waals surface area contributed by atoms with Gasteiger partial charge in [-0.25, -0.2) is 4.98 Å². The van der Waals surface area contributed by atoms with Crippen molar-refractivity contribution in [3.8, 4) is 5.88 Å². The first-order valence-electron chi connectivity index (χ1n) is 10.9. The van der Waals surface area contributed by atoms with Gasteiger partial charge in [-0.2, -0.15) is 0 Å². The minimum atomic E-state index is -0.974. The summed E-state index contributed by atoms with van der Waals surface area (Å²) in [5.41, 5.74) is 2.08. The predicted octanol–water partition coefficient (Wildman–Crippen LogP) is 0.836. The molecule has 0 radical (unpaired) electrons. The monoisotopic (exact) mass is 449 g/mol. The molecule has 0 aliphatic carbocycles. The van der Waals surface area contributed by atoms with Crippen LogP contribution in [0, 0.1) is 0 Å². The first-order valence-corrected chi connectivity index (χ1v) is 10.9. The van der Waals surface area contributed by atoms with Gasteiger partial charge < -0.3 is 15.4 Å². The molecule has 1 aromatic heterocycles. The van der Waals surface area contributed by atoms with Crippen LogP contribution in [0.5, 0.6) is 5.88 Å². The SMILES string of the molecule is O=C1CCC(N2C(=O)c3ccc(NCc4ccc(OC5CCNC5)nc4)cc3C2=O)C(=O)N1. The number of fused-ring (bicyclic) bond motifs is 1. The molecule has 3 aliphatic rings. The number of amides is 4. The highest BCUT2D eigenvalue weighted by Crippen LogP contribution is 2.29. The van der Waals surface area contributed by atoms with E-state index < -0.39 is 29.7 Å². The maximum atomic E-state index is 12.9. The van der Waals surface area contributed by atoms with Crippen LogP contribution < -0.4 is 20.7 Å². The van der Waals surface area contributed by atoms with Crippen molar-refractivity contribution in [2.45, 2.75) is 38.0 Å². The zero-order valence-corrected chi connectivity index (χ0v) is 17.8. The summed E-state index contributed by atoms with van der Waals surface area (Å²) in [4.78, 5) is 54.6. The molecule has 10 heteroatoms. The molecule has 1 aromatic carbocycles. The molecular weight excluding hydrogens is 426 g/mol. The van der Waals surface area contributed by atoms with Gasteiger partial charge in [0.15, 0.2) is 0 Å². The Morgan fingerprint density at radius 2 is 1.91 bits per heavy atom. The molecule has 0 bridgehead atoms. The number of imide groups is 2. The molecule has 2 atom stereocenters. The first kappa shape index (κ1) is 21.1. The van der Waals surface area contributed by atoms with Gasteiger partial charge in [0.2, 0.25) is 17.7 Å². The second-order valence-corrected chi connectivity index (χ2v) is 8.30. The molecule has 4 amide bonds. The van der Waals surface area contributed by atoms with Gasteiger partial charge in [-0.15, -0.1) is 0 Å². The van der Waals surface area contributed by atoms with Crippen LogP contribution in [0.3, 0.4) is 0 Å². The third-order valence-corrected chi connectivity index (χ3v) is 6.04. The number of benzene rings is 1. The smallest absolute Gasteiger partial charge is 0.262 e. The third-order valence-electron chi connectivity index (χ3n) is 6.04. The molecule has 2 aromatic rings. The normalized spacial score (nSPS) is 22.4. The number of rotatable bonds is 6. The molecule has 4 heterocycles. The van der Waals surface area contributed by atoms with Gasteiger partial charge in [0.1, 0.15) is 12.1 Å². The predicted molar refractivity (Wildman–Crippen MR) is 117 cm³/mol. The number of aromatic nitrogens is 1. The maximum absolute atomic E-state index is 12.9. The Morgan fingerprint density at radius 1 is 1.06 bits per heavy atom. The fourth-order valence-corrected chi connectivity index (χ4v) is 4.27. The van der Waals surface area contributed by atoms with E-state index in [1.165, 1.54) is 0 Å². The summed E-state index contributed by atoms with van der Waals surface area (Å²) in [6.45, 7) is 2.24. The molecule has 170 valence electrons. The Balaban J connectivity index is 1.24. The quantitative estimate of drug-likeness (QED) is 0.553. The molecule has 0 saturated carbocycles. The Kier molecular flexibility index (Phi) is 5.51. The van der Waals surface area contributed by atoms with Crippen LogP contribution in [0.15, 0.2) is 36.5 Å². The lowest BCUT2D eigenvalue weighted by atomic mass is 10.0. The fraction of sp³-hybridized carbons (Fsp3) is 0.348. The van der Waals surface area contributed by atoms with Crippen LogP contribution in [0.2, 0.25) is 0 Å². The molecule has 3 N–H and O–H groups in total. The third kappa shape index (κ3) is 4.17. The minimum absolute atomic E-state index is 0.0893. The fourth-order valence-electron chi connectivity index (χ4n) is 4.27. The van der Waals surface area contributed by atoms with E-state index in [2.05, 4.69) is 20.9 Å². The van der Waals surface area contributed by atoms with Gasteiger partial charge in [0.05, 0.1) is 11.1 Å². The lowest BCUT2D eigenvalue weighted by molar-refractivity contribution is -0.136. The lowest BCUT2D eigenvalue weighted by Crippen LogP contribution is -2.54. The van der Waals surface area contributed by atoms with Gasteiger partial charge in [-0.1, -0.05) is 6.07 Å². The zero-order chi connectivity index (χ0) is 22.9. The Labute approximate surface area is 189 Å². The van der Waals surface area contributed by atoms with Crippen LogP contribution in [0.1, 0.15) is 45.5 Å². The van der Waals surface area contributed by atoms with Crippen LogP contribution >= 0.6 is 0 Å². The number of ether oxygens (including phenoxy) is 1. The standard InChI is InChI=1S/C23H23N5O5/c29-19-5-4-18(21(30)27-19)28-22(31)16-3-2-14(9-17(16)23(28)32)25-10-13-1-6-20(26-11-13)33-15-7-8-24-12-15/h1-3,6,9,11,15,18,24-25H,4-5,7-8,10,12H2,(H,27,29,30). The van der Waals surface area contributed by atoms with Crippen molar-refractivity contribution in [1.29, 1.82) is 0 Å². The largest absolute Gasteiger partial charge is 0.473 e. The van der Waals surface area contributed by atoms with E-state index in [4.69, 9.17) is 4.74 Å². The van der Waals surface area contributed by atoms with E-state index in [0.29, 0.717) is 18.1 Å². The summed E-state index contributed by atoms with van der Waals surface area (Å²) in [7, 11) is 0. The topological polar surface area (TPSA) is 130 Å². The number of carbonyl (C=O) groups excluding carboxylic acids is 4. The second kappa shape index (κ2) is 8.62. The van der Waals surface area contributed by atoms with E-state index in [1.807, 2.05) is 12.1 Å². The summed E-state index contributed by atoms with van der Waals surface area (Å²) in [5, 5.41) is 8.67. The summed E-state index contributed by atoms with van der Waals surface area (Å²) >= 11 is 0. The van der Waals surface area contributed by atoms with Crippen molar-refractivity contribution in [2.24, 2.45) is 0 Å². The molecule has 2 unspecified atom stereocenters. The minimum Gasteiger partial charge on any atom is -0.473 e. The highest BCUT2D eigenvalue weighted by atomic mass is 16.5. The van der Waals surface area contributed by atoms with E-state index in [0.717, 1.165) is 30.0 Å². The molecule has 2 saturated heterocycles. The van der Waals surface area contributed by atoms with Gasteiger partial charge in [0, 0.05) is 37.5 Å². The Hall–Kier alpha value is -3.79. The number of hydrogen-bond donors (Lipinski definition) is 3. The molecule has 10 nitrogen and oxygen atoms in total. The number of hydrogen-bond acceptors (Lipinski definition) is 8. The lowest BCUT2D eigenvalue weighted by Gasteiger charge is -2.27. The number of piperidine rings is 1. The molecule has 33 heavy (non-hydrogen) atoms. The van der Waals surface area contributed by atoms with Crippen LogP contribution in [0.4, 0.5) is 5.69 Å². The molecule has 3 aliphatic heterocycles. The van der Waals surface area contributed by atoms with E-state index in [1.54, 1.807) is 24.4 Å². The average molecular weight is 449 g/mol. The van der Waals surface area contributed by atoms with Gasteiger partial charge in [0.25, 0.3) is 11.8 Å². The van der Waals surface area contributed by atoms with Crippen molar-refractivity contribution in [3.05, 3.63) is 53.2 Å². The Morgan fingerprint density at radius 3 is 2.64 bits per heavy atom. The zero-order valence-electron chi connectivity index (χ0n) is 17.8. The van der Waals surface area contributed by atoms with Gasteiger partial charge in [-0.3, -0.25) is 29.4 Å². The molecular formula is C23H23N5O5. The van der Waals surface area contributed by atoms with E-state index in [-0.39, 0.29) is 30.1 Å². The first-order chi connectivity index (χ1) is 16.0. The Bertz CT molecular complexity index is 1130. The summed E-state index contributed by atoms with van der Waals surface area (Å²) in [5.74, 6) is -1.49. The number of pyridine rings is 1. The number of nitrogens with one attached hydrogen (secondary N) is 3. The average Bonchev–Trinajstić information content (AvgIpc) is 3.40. The maximum Gasteiger partial charge on any atom is 0.262 e. The summed E-state index contributed by atoms with van der Waals surface area (Å²) < 4.78 is 5.82.